The minimum atomic E-state index is -0.218. The Morgan fingerprint density at radius 2 is 1.38 bits per heavy atom. The summed E-state index contributed by atoms with van der Waals surface area (Å²) in [6.07, 6.45) is 4.22. The molecule has 2 atom stereocenters. The van der Waals surface area contributed by atoms with E-state index in [0.717, 1.165) is 48.8 Å². The normalized spacial score (nSPS) is 22.4. The maximum atomic E-state index is 13.6. The Kier molecular flexibility index (Phi) is 6.14. The van der Waals surface area contributed by atoms with Crippen LogP contribution >= 0.6 is 0 Å². The summed E-state index contributed by atoms with van der Waals surface area (Å²) < 4.78 is 6.05. The number of fused-ring (bicyclic) bond motifs is 5. The monoisotopic (exact) mass is 493 g/mol. The molecular formula is C33H35NO3. The van der Waals surface area contributed by atoms with Crippen molar-refractivity contribution in [3.63, 3.8) is 0 Å². The lowest BCUT2D eigenvalue weighted by molar-refractivity contribution is 0.00649. The van der Waals surface area contributed by atoms with Crippen molar-refractivity contribution >= 4 is 11.9 Å². The van der Waals surface area contributed by atoms with Crippen LogP contribution in [-0.2, 0) is 4.74 Å². The Morgan fingerprint density at radius 1 is 0.811 bits per heavy atom. The van der Waals surface area contributed by atoms with Crippen molar-refractivity contribution in [2.45, 2.75) is 70.9 Å². The Morgan fingerprint density at radius 3 is 2.00 bits per heavy atom. The molecule has 1 amide bonds. The van der Waals surface area contributed by atoms with Crippen molar-refractivity contribution in [3.8, 4) is 11.1 Å². The van der Waals surface area contributed by atoms with Gasteiger partial charge >= 0.3 is 6.09 Å². The second-order valence-electron chi connectivity index (χ2n) is 11.2. The fourth-order valence-electron chi connectivity index (χ4n) is 7.01. The summed E-state index contributed by atoms with van der Waals surface area (Å²) in [4.78, 5) is 29.1. The van der Waals surface area contributed by atoms with Crippen LogP contribution in [0.2, 0.25) is 0 Å². The topological polar surface area (TPSA) is 46.6 Å². The molecule has 37 heavy (non-hydrogen) atoms. The number of carbonyl (C=O) groups is 2. The third kappa shape index (κ3) is 4.17. The number of hydrogen-bond acceptors (Lipinski definition) is 3. The van der Waals surface area contributed by atoms with Gasteiger partial charge in [0, 0.05) is 29.5 Å². The molecule has 2 unspecified atom stereocenters. The van der Waals surface area contributed by atoms with Crippen LogP contribution in [0.25, 0.3) is 11.1 Å². The van der Waals surface area contributed by atoms with Gasteiger partial charge in [0.1, 0.15) is 6.61 Å². The number of rotatable bonds is 4. The summed E-state index contributed by atoms with van der Waals surface area (Å²) in [5.41, 5.74) is 9.20. The summed E-state index contributed by atoms with van der Waals surface area (Å²) in [5.74, 6) is 0.265. The van der Waals surface area contributed by atoms with Crippen LogP contribution < -0.4 is 0 Å². The molecule has 3 aromatic rings. The zero-order chi connectivity index (χ0) is 25.7. The predicted molar refractivity (Wildman–Crippen MR) is 146 cm³/mol. The lowest BCUT2D eigenvalue weighted by Gasteiger charge is -2.47. The first-order chi connectivity index (χ1) is 17.9. The van der Waals surface area contributed by atoms with E-state index in [-0.39, 0.29) is 35.8 Å². The molecule has 3 aliphatic rings. The number of Topliss-reactive ketones (excluding diaryl/α,β-unsaturated/α-hetero) is 1. The molecule has 2 bridgehead atoms. The second-order valence-corrected chi connectivity index (χ2v) is 11.2. The van der Waals surface area contributed by atoms with E-state index < -0.39 is 0 Å². The van der Waals surface area contributed by atoms with Crippen LogP contribution in [0, 0.1) is 26.7 Å². The van der Waals surface area contributed by atoms with E-state index in [2.05, 4.69) is 74.5 Å². The van der Waals surface area contributed by atoms with E-state index in [1.807, 2.05) is 11.8 Å². The third-order valence-corrected chi connectivity index (χ3v) is 9.00. The molecular weight excluding hydrogens is 458 g/mol. The average molecular weight is 494 g/mol. The Hall–Kier alpha value is -3.40. The zero-order valence-corrected chi connectivity index (χ0v) is 22.0. The number of benzene rings is 3. The summed E-state index contributed by atoms with van der Waals surface area (Å²) in [5, 5.41) is 0. The molecule has 2 aliphatic heterocycles. The van der Waals surface area contributed by atoms with Gasteiger partial charge in [-0.1, -0.05) is 54.6 Å². The molecule has 2 saturated heterocycles. The van der Waals surface area contributed by atoms with Crippen molar-refractivity contribution in [3.05, 3.63) is 94.0 Å². The largest absolute Gasteiger partial charge is 0.448 e. The van der Waals surface area contributed by atoms with Crippen LogP contribution in [0.3, 0.4) is 0 Å². The number of nitrogens with zero attached hydrogens (tertiary/aromatic N) is 1. The van der Waals surface area contributed by atoms with E-state index >= 15 is 0 Å². The maximum absolute atomic E-state index is 13.6. The van der Waals surface area contributed by atoms with Crippen LogP contribution in [0.4, 0.5) is 4.79 Å². The molecule has 4 heteroatoms. The number of carbonyl (C=O) groups excluding carboxylic acids is 2. The summed E-state index contributed by atoms with van der Waals surface area (Å²) in [6, 6.07) is 21.2. The molecule has 2 fully saturated rings. The van der Waals surface area contributed by atoms with Crippen molar-refractivity contribution in [1.82, 2.24) is 4.90 Å². The fraction of sp³-hybridized carbons (Fsp3) is 0.394. The van der Waals surface area contributed by atoms with Crippen molar-refractivity contribution < 1.29 is 14.3 Å². The standard InChI is InChI=1S/C33H35NO3/c1-20-15-22(3)30(16-21(20)2)32(35)23-17-24-9-8-10-25(18-23)34(24)33(36)37-19-31-28-13-6-4-11-26(28)27-12-5-7-14-29(27)31/h4-7,11-16,23-25,31H,8-10,17-19H2,1-3H3. The minimum absolute atomic E-state index is 0.0336. The van der Waals surface area contributed by atoms with E-state index in [0.29, 0.717) is 6.61 Å². The SMILES string of the molecule is Cc1cc(C)c(C(=O)C2CC3CCCC(C2)N3C(=O)OCC2c3ccccc3-c3ccccc32)cc1C. The first-order valence-electron chi connectivity index (χ1n) is 13.7. The maximum Gasteiger partial charge on any atom is 0.410 e. The highest BCUT2D eigenvalue weighted by Gasteiger charge is 2.44. The number of aryl methyl sites for hydroxylation is 3. The Balaban J connectivity index is 1.17. The Bertz CT molecular complexity index is 1320. The van der Waals surface area contributed by atoms with E-state index in [1.54, 1.807) is 0 Å². The highest BCUT2D eigenvalue weighted by Crippen LogP contribution is 2.45. The van der Waals surface area contributed by atoms with Gasteiger partial charge < -0.3 is 9.64 Å². The second kappa shape index (κ2) is 9.48. The molecule has 190 valence electrons. The van der Waals surface area contributed by atoms with E-state index in [9.17, 15) is 9.59 Å². The van der Waals surface area contributed by atoms with Crippen LogP contribution in [0.15, 0.2) is 60.7 Å². The highest BCUT2D eigenvalue weighted by atomic mass is 16.6. The van der Waals surface area contributed by atoms with Gasteiger partial charge in [-0.25, -0.2) is 4.79 Å². The van der Waals surface area contributed by atoms with Gasteiger partial charge in [-0.15, -0.1) is 0 Å². The number of ketones is 1. The number of amides is 1. The fourth-order valence-corrected chi connectivity index (χ4v) is 7.01. The van der Waals surface area contributed by atoms with Crippen LogP contribution in [-0.4, -0.2) is 35.5 Å². The van der Waals surface area contributed by atoms with Crippen molar-refractivity contribution in [2.24, 2.45) is 5.92 Å². The smallest absolute Gasteiger partial charge is 0.410 e. The van der Waals surface area contributed by atoms with Gasteiger partial charge in [0.05, 0.1) is 0 Å². The summed E-state index contributed by atoms with van der Waals surface area (Å²) in [6.45, 7) is 6.53. The first-order valence-corrected chi connectivity index (χ1v) is 13.7. The minimum Gasteiger partial charge on any atom is -0.448 e. The lowest BCUT2D eigenvalue weighted by atomic mass is 9.75. The molecule has 0 N–H and O–H groups in total. The number of piperidine rings is 2. The van der Waals surface area contributed by atoms with Gasteiger partial charge in [0.2, 0.25) is 0 Å². The first kappa shape index (κ1) is 24.0. The average Bonchev–Trinajstić information content (AvgIpc) is 3.22. The molecule has 2 heterocycles. The van der Waals surface area contributed by atoms with Crippen LogP contribution in [0.5, 0.6) is 0 Å². The number of ether oxygens (including phenoxy) is 1. The van der Waals surface area contributed by atoms with Gasteiger partial charge in [-0.2, -0.15) is 0 Å². The van der Waals surface area contributed by atoms with Crippen molar-refractivity contribution in [2.75, 3.05) is 6.61 Å². The molecule has 3 aromatic carbocycles. The molecule has 6 rings (SSSR count). The number of hydrogen-bond donors (Lipinski definition) is 0. The van der Waals surface area contributed by atoms with E-state index in [1.165, 1.54) is 27.8 Å². The highest BCUT2D eigenvalue weighted by molar-refractivity contribution is 5.99. The van der Waals surface area contributed by atoms with Gasteiger partial charge in [0.25, 0.3) is 0 Å². The quantitative estimate of drug-likeness (QED) is 0.356. The molecule has 4 nitrogen and oxygen atoms in total. The summed E-state index contributed by atoms with van der Waals surface area (Å²) >= 11 is 0. The lowest BCUT2D eigenvalue weighted by Crippen LogP contribution is -2.56. The van der Waals surface area contributed by atoms with Crippen LogP contribution in [0.1, 0.15) is 76.2 Å². The molecule has 0 radical (unpaired) electrons. The molecule has 1 aliphatic carbocycles. The zero-order valence-electron chi connectivity index (χ0n) is 22.0. The van der Waals surface area contributed by atoms with E-state index in [4.69, 9.17) is 4.74 Å². The molecule has 0 spiro atoms. The van der Waals surface area contributed by atoms with Crippen molar-refractivity contribution in [1.29, 1.82) is 0 Å². The van der Waals surface area contributed by atoms with Gasteiger partial charge in [-0.05, 0) is 97.9 Å². The third-order valence-electron chi connectivity index (χ3n) is 9.00. The molecule has 0 aromatic heterocycles. The van der Waals surface area contributed by atoms with Gasteiger partial charge in [0.15, 0.2) is 5.78 Å². The Labute approximate surface area is 219 Å². The van der Waals surface area contributed by atoms with Gasteiger partial charge in [-0.3, -0.25) is 4.79 Å². The summed E-state index contributed by atoms with van der Waals surface area (Å²) in [7, 11) is 0. The molecule has 0 saturated carbocycles. The predicted octanol–water partition coefficient (Wildman–Crippen LogP) is 7.38.